The Morgan fingerprint density at radius 1 is 1.30 bits per heavy atom. The average molecular weight is 267 g/mol. The molecule has 0 spiro atoms. The number of nitrogens with zero attached hydrogens (tertiary/aromatic N) is 3. The average Bonchev–Trinajstić information content (AvgIpc) is 3.04. The molecule has 0 amide bonds. The van der Waals surface area contributed by atoms with Crippen LogP contribution in [0.15, 0.2) is 42.5 Å². The van der Waals surface area contributed by atoms with Gasteiger partial charge in [-0.2, -0.15) is 5.10 Å². The molecule has 3 nitrogen and oxygen atoms in total. The van der Waals surface area contributed by atoms with E-state index in [0.29, 0.717) is 0 Å². The molecule has 0 N–H and O–H groups in total. The molecule has 1 saturated carbocycles. The molecule has 0 aliphatic heterocycles. The Hall–Kier alpha value is -1.90. The van der Waals surface area contributed by atoms with E-state index in [0.717, 1.165) is 6.54 Å². The van der Waals surface area contributed by atoms with Gasteiger partial charge in [-0.25, -0.2) is 4.98 Å². The van der Waals surface area contributed by atoms with Crippen LogP contribution in [0.1, 0.15) is 37.3 Å². The van der Waals surface area contributed by atoms with Crippen molar-refractivity contribution in [2.75, 3.05) is 0 Å². The zero-order chi connectivity index (χ0) is 14.0. The van der Waals surface area contributed by atoms with Crippen molar-refractivity contribution >= 4 is 6.08 Å². The Bertz CT molecular complexity index is 596. The van der Waals surface area contributed by atoms with Crippen LogP contribution in [0, 0.1) is 12.3 Å². The molecular formula is C17H21N3. The van der Waals surface area contributed by atoms with Gasteiger partial charge in [-0.15, -0.1) is 0 Å². The molecule has 1 atom stereocenters. The van der Waals surface area contributed by atoms with E-state index in [2.05, 4.69) is 54.3 Å². The summed E-state index contributed by atoms with van der Waals surface area (Å²) in [6, 6.07) is 8.76. The first-order chi connectivity index (χ1) is 9.66. The SMILES string of the molecule is Cc1ccc(/C=C2\CCCC2(C)Cn2cncn2)cc1. The van der Waals surface area contributed by atoms with Gasteiger partial charge in [0, 0.05) is 5.41 Å². The second-order valence-electron chi connectivity index (χ2n) is 6.09. The highest BCUT2D eigenvalue weighted by Crippen LogP contribution is 2.44. The summed E-state index contributed by atoms with van der Waals surface area (Å²) in [5.74, 6) is 0. The quantitative estimate of drug-likeness (QED) is 0.845. The van der Waals surface area contributed by atoms with Crippen LogP contribution in [0.3, 0.4) is 0 Å². The maximum atomic E-state index is 4.26. The summed E-state index contributed by atoms with van der Waals surface area (Å²) in [4.78, 5) is 4.05. The largest absolute Gasteiger partial charge is 0.252 e. The number of hydrogen-bond donors (Lipinski definition) is 0. The number of allylic oxidation sites excluding steroid dienone is 1. The first-order valence-electron chi connectivity index (χ1n) is 7.26. The minimum absolute atomic E-state index is 0.207. The molecule has 2 aromatic rings. The summed E-state index contributed by atoms with van der Waals surface area (Å²) in [5.41, 5.74) is 4.36. The predicted octanol–water partition coefficient (Wildman–Crippen LogP) is 3.86. The minimum Gasteiger partial charge on any atom is -0.252 e. The monoisotopic (exact) mass is 267 g/mol. The van der Waals surface area contributed by atoms with Crippen LogP contribution >= 0.6 is 0 Å². The zero-order valence-corrected chi connectivity index (χ0v) is 12.2. The van der Waals surface area contributed by atoms with Crippen molar-refractivity contribution < 1.29 is 0 Å². The first kappa shape index (κ1) is 13.1. The molecule has 1 aliphatic carbocycles. The highest BCUT2D eigenvalue weighted by Gasteiger charge is 2.34. The molecule has 1 aromatic heterocycles. The Labute approximate surface area is 120 Å². The lowest BCUT2D eigenvalue weighted by Gasteiger charge is -2.26. The molecule has 1 unspecified atom stereocenters. The molecule has 3 rings (SSSR count). The van der Waals surface area contributed by atoms with Gasteiger partial charge in [-0.1, -0.05) is 48.4 Å². The highest BCUT2D eigenvalue weighted by atomic mass is 15.3. The van der Waals surface area contributed by atoms with Gasteiger partial charge in [-0.05, 0) is 31.7 Å². The highest BCUT2D eigenvalue weighted by molar-refractivity contribution is 5.55. The lowest BCUT2D eigenvalue weighted by molar-refractivity contribution is 0.327. The Balaban J connectivity index is 1.85. The number of rotatable bonds is 3. The van der Waals surface area contributed by atoms with E-state index in [1.165, 1.54) is 36.0 Å². The van der Waals surface area contributed by atoms with Crippen molar-refractivity contribution in [3.63, 3.8) is 0 Å². The number of aromatic nitrogens is 3. The fraction of sp³-hybridized carbons (Fsp3) is 0.412. The van der Waals surface area contributed by atoms with E-state index in [9.17, 15) is 0 Å². The Morgan fingerprint density at radius 2 is 2.10 bits per heavy atom. The molecule has 0 bridgehead atoms. The predicted molar refractivity (Wildman–Crippen MR) is 81.1 cm³/mol. The summed E-state index contributed by atoms with van der Waals surface area (Å²) < 4.78 is 1.95. The van der Waals surface area contributed by atoms with Gasteiger partial charge >= 0.3 is 0 Å². The molecule has 0 radical (unpaired) electrons. The fourth-order valence-electron chi connectivity index (χ4n) is 3.09. The summed E-state index contributed by atoms with van der Waals surface area (Å²) in [6.45, 7) is 5.40. The molecule has 1 aromatic carbocycles. The van der Waals surface area contributed by atoms with Crippen molar-refractivity contribution in [3.8, 4) is 0 Å². The first-order valence-corrected chi connectivity index (χ1v) is 7.26. The Kier molecular flexibility index (Phi) is 3.43. The molecule has 1 heterocycles. The van der Waals surface area contributed by atoms with E-state index in [-0.39, 0.29) is 5.41 Å². The van der Waals surface area contributed by atoms with Crippen LogP contribution in [-0.2, 0) is 6.54 Å². The number of aryl methyl sites for hydroxylation is 1. The smallest absolute Gasteiger partial charge is 0.137 e. The van der Waals surface area contributed by atoms with Gasteiger partial charge in [-0.3, -0.25) is 4.68 Å². The summed E-state index contributed by atoms with van der Waals surface area (Å²) in [7, 11) is 0. The molecule has 0 saturated heterocycles. The standard InChI is InChI=1S/C17H21N3/c1-14-5-7-15(8-6-14)10-16-4-3-9-17(16,2)11-20-13-18-12-19-20/h5-8,10,12-13H,3-4,9,11H2,1-2H3/b16-10+. The maximum absolute atomic E-state index is 4.26. The molecule has 104 valence electrons. The maximum Gasteiger partial charge on any atom is 0.137 e. The minimum atomic E-state index is 0.207. The Morgan fingerprint density at radius 3 is 2.80 bits per heavy atom. The van der Waals surface area contributed by atoms with Crippen LogP contribution in [0.4, 0.5) is 0 Å². The van der Waals surface area contributed by atoms with Crippen LogP contribution in [-0.4, -0.2) is 14.8 Å². The molecule has 20 heavy (non-hydrogen) atoms. The van der Waals surface area contributed by atoms with Gasteiger partial charge in [0.05, 0.1) is 6.54 Å². The number of benzene rings is 1. The van der Waals surface area contributed by atoms with Crippen LogP contribution < -0.4 is 0 Å². The van der Waals surface area contributed by atoms with E-state index in [1.807, 2.05) is 11.0 Å². The van der Waals surface area contributed by atoms with Crippen molar-refractivity contribution in [2.45, 2.75) is 39.7 Å². The summed E-state index contributed by atoms with van der Waals surface area (Å²) >= 11 is 0. The fourth-order valence-corrected chi connectivity index (χ4v) is 3.09. The second kappa shape index (κ2) is 5.23. The van der Waals surface area contributed by atoms with Gasteiger partial charge in [0.2, 0.25) is 0 Å². The van der Waals surface area contributed by atoms with Crippen molar-refractivity contribution in [1.82, 2.24) is 14.8 Å². The van der Waals surface area contributed by atoms with Gasteiger partial charge < -0.3 is 0 Å². The molecule has 3 heteroatoms. The molecule has 1 aliphatic rings. The number of hydrogen-bond acceptors (Lipinski definition) is 2. The third kappa shape index (κ3) is 2.67. The third-order valence-electron chi connectivity index (χ3n) is 4.35. The van der Waals surface area contributed by atoms with E-state index >= 15 is 0 Å². The van der Waals surface area contributed by atoms with Gasteiger partial charge in [0.15, 0.2) is 0 Å². The van der Waals surface area contributed by atoms with Crippen LogP contribution in [0.25, 0.3) is 6.08 Å². The summed E-state index contributed by atoms with van der Waals surface area (Å²) in [5, 5.41) is 4.26. The zero-order valence-electron chi connectivity index (χ0n) is 12.2. The van der Waals surface area contributed by atoms with Crippen molar-refractivity contribution in [2.24, 2.45) is 5.41 Å². The lowest BCUT2D eigenvalue weighted by Crippen LogP contribution is -2.22. The lowest BCUT2D eigenvalue weighted by atomic mass is 9.83. The van der Waals surface area contributed by atoms with Crippen molar-refractivity contribution in [3.05, 3.63) is 53.6 Å². The second-order valence-corrected chi connectivity index (χ2v) is 6.09. The van der Waals surface area contributed by atoms with Crippen molar-refractivity contribution in [1.29, 1.82) is 0 Å². The topological polar surface area (TPSA) is 30.7 Å². The van der Waals surface area contributed by atoms with Gasteiger partial charge in [0.1, 0.15) is 12.7 Å². The third-order valence-corrected chi connectivity index (χ3v) is 4.35. The molecule has 1 fully saturated rings. The van der Waals surface area contributed by atoms with E-state index < -0.39 is 0 Å². The van der Waals surface area contributed by atoms with Crippen LogP contribution in [0.5, 0.6) is 0 Å². The normalized spacial score (nSPS) is 24.4. The van der Waals surface area contributed by atoms with Crippen LogP contribution in [0.2, 0.25) is 0 Å². The molecular weight excluding hydrogens is 246 g/mol. The van der Waals surface area contributed by atoms with E-state index in [4.69, 9.17) is 0 Å². The van der Waals surface area contributed by atoms with Gasteiger partial charge in [0.25, 0.3) is 0 Å². The summed E-state index contributed by atoms with van der Waals surface area (Å²) in [6.07, 6.45) is 9.48. The van der Waals surface area contributed by atoms with E-state index in [1.54, 1.807) is 6.33 Å².